The minimum absolute atomic E-state index is 0.223. The van der Waals surface area contributed by atoms with Crippen LogP contribution in [0.2, 0.25) is 0 Å². The molecular weight excluding hydrogens is 650 g/mol. The Labute approximate surface area is 278 Å². The Balaban J connectivity index is 1.57. The summed E-state index contributed by atoms with van der Waals surface area (Å²) in [6.07, 6.45) is 1.00. The average Bonchev–Trinajstić information content (AvgIpc) is 3.39. The molecule has 1 amide bonds. The van der Waals surface area contributed by atoms with Crippen molar-refractivity contribution in [3.05, 3.63) is 97.7 Å². The SMILES string of the molecule is CCCSc1nc2n(n1)C(c1cc(Br)c(OCc3cc(C)c(C)cc3C)c(OCC)c1)C(C(=O)Nc1cccc(C)c1)=C(C)N2. The van der Waals surface area contributed by atoms with Crippen molar-refractivity contribution in [3.63, 3.8) is 0 Å². The average molecular weight is 691 g/mol. The highest BCUT2D eigenvalue weighted by atomic mass is 79.9. The number of aromatic nitrogens is 3. The molecule has 0 fully saturated rings. The first-order chi connectivity index (χ1) is 21.6. The summed E-state index contributed by atoms with van der Waals surface area (Å²) in [6.45, 7) is 15.1. The fraction of sp³-hybridized carbons (Fsp3) is 0.343. The van der Waals surface area contributed by atoms with E-state index >= 15 is 0 Å². The molecule has 10 heteroatoms. The van der Waals surface area contributed by atoms with Gasteiger partial charge < -0.3 is 20.1 Å². The van der Waals surface area contributed by atoms with Crippen LogP contribution in [-0.4, -0.2) is 33.0 Å². The molecule has 0 radical (unpaired) electrons. The summed E-state index contributed by atoms with van der Waals surface area (Å²) >= 11 is 5.37. The van der Waals surface area contributed by atoms with Gasteiger partial charge in [0.05, 0.1) is 16.7 Å². The zero-order chi connectivity index (χ0) is 32.2. The van der Waals surface area contributed by atoms with Crippen molar-refractivity contribution in [1.29, 1.82) is 0 Å². The lowest BCUT2D eigenvalue weighted by Gasteiger charge is -2.29. The third-order valence-electron chi connectivity index (χ3n) is 7.76. The van der Waals surface area contributed by atoms with Crippen LogP contribution in [0.25, 0.3) is 0 Å². The number of rotatable bonds is 11. The second-order valence-corrected chi connectivity index (χ2v) is 13.2. The number of amides is 1. The monoisotopic (exact) mass is 689 g/mol. The summed E-state index contributed by atoms with van der Waals surface area (Å²) in [7, 11) is 0. The predicted molar refractivity (Wildman–Crippen MR) is 186 cm³/mol. The zero-order valence-corrected chi connectivity index (χ0v) is 29.3. The summed E-state index contributed by atoms with van der Waals surface area (Å²) in [5.41, 5.74) is 8.62. The van der Waals surface area contributed by atoms with Gasteiger partial charge in [0.25, 0.3) is 5.91 Å². The third-order valence-corrected chi connectivity index (χ3v) is 9.39. The highest BCUT2D eigenvalue weighted by Crippen LogP contribution is 2.44. The molecule has 45 heavy (non-hydrogen) atoms. The smallest absolute Gasteiger partial charge is 0.255 e. The number of allylic oxidation sites excluding steroid dienone is 1. The molecule has 1 atom stereocenters. The van der Waals surface area contributed by atoms with Crippen molar-refractivity contribution < 1.29 is 14.3 Å². The Morgan fingerprint density at radius 1 is 1.02 bits per heavy atom. The van der Waals surface area contributed by atoms with Gasteiger partial charge in [-0.05, 0) is 122 Å². The maximum Gasteiger partial charge on any atom is 0.255 e. The Morgan fingerprint density at radius 3 is 2.53 bits per heavy atom. The molecule has 0 aliphatic carbocycles. The van der Waals surface area contributed by atoms with Gasteiger partial charge in [-0.2, -0.15) is 4.98 Å². The van der Waals surface area contributed by atoms with Crippen LogP contribution in [0, 0.1) is 27.7 Å². The lowest BCUT2D eigenvalue weighted by atomic mass is 9.94. The normalized spacial score (nSPS) is 14.2. The van der Waals surface area contributed by atoms with Crippen molar-refractivity contribution in [2.24, 2.45) is 0 Å². The van der Waals surface area contributed by atoms with Crippen molar-refractivity contribution in [2.45, 2.75) is 72.7 Å². The minimum Gasteiger partial charge on any atom is -0.490 e. The van der Waals surface area contributed by atoms with Crippen LogP contribution >= 0.6 is 27.7 Å². The van der Waals surface area contributed by atoms with Crippen LogP contribution in [0.4, 0.5) is 11.6 Å². The lowest BCUT2D eigenvalue weighted by molar-refractivity contribution is -0.113. The van der Waals surface area contributed by atoms with Gasteiger partial charge in [0.15, 0.2) is 11.5 Å². The van der Waals surface area contributed by atoms with Crippen LogP contribution < -0.4 is 20.1 Å². The number of benzene rings is 3. The number of hydrogen-bond donors (Lipinski definition) is 2. The molecular formula is C35H40BrN5O3S. The van der Waals surface area contributed by atoms with Gasteiger partial charge in [0.2, 0.25) is 11.1 Å². The van der Waals surface area contributed by atoms with Gasteiger partial charge in [-0.15, -0.1) is 5.10 Å². The Bertz CT molecular complexity index is 1770. The van der Waals surface area contributed by atoms with Crippen molar-refractivity contribution >= 4 is 45.2 Å². The summed E-state index contributed by atoms with van der Waals surface area (Å²) < 4.78 is 15.1. The van der Waals surface area contributed by atoms with E-state index in [1.54, 1.807) is 16.4 Å². The number of nitrogens with zero attached hydrogens (tertiary/aromatic N) is 3. The number of nitrogens with one attached hydrogen (secondary N) is 2. The molecule has 1 aliphatic rings. The number of carbonyl (C=O) groups is 1. The van der Waals surface area contributed by atoms with Gasteiger partial charge in [-0.1, -0.05) is 43.0 Å². The van der Waals surface area contributed by atoms with E-state index in [1.807, 2.05) is 57.2 Å². The number of ether oxygens (including phenoxy) is 2. The van der Waals surface area contributed by atoms with E-state index in [2.05, 4.69) is 66.4 Å². The molecule has 236 valence electrons. The van der Waals surface area contributed by atoms with Crippen molar-refractivity contribution in [1.82, 2.24) is 14.8 Å². The van der Waals surface area contributed by atoms with Gasteiger partial charge in [0, 0.05) is 17.1 Å². The Morgan fingerprint density at radius 2 is 1.80 bits per heavy atom. The Kier molecular flexibility index (Phi) is 10.2. The molecule has 0 spiro atoms. The summed E-state index contributed by atoms with van der Waals surface area (Å²) in [4.78, 5) is 18.8. The van der Waals surface area contributed by atoms with E-state index in [0.717, 1.165) is 39.0 Å². The number of thioether (sulfide) groups is 1. The maximum absolute atomic E-state index is 14.0. The van der Waals surface area contributed by atoms with E-state index in [-0.39, 0.29) is 5.91 Å². The van der Waals surface area contributed by atoms with Crippen LogP contribution in [-0.2, 0) is 11.4 Å². The molecule has 2 N–H and O–H groups in total. The molecule has 0 bridgehead atoms. The summed E-state index contributed by atoms with van der Waals surface area (Å²) in [6, 6.07) is 15.5. The van der Waals surface area contributed by atoms with Crippen molar-refractivity contribution in [2.75, 3.05) is 23.0 Å². The number of anilines is 2. The van der Waals surface area contributed by atoms with E-state index in [4.69, 9.17) is 19.6 Å². The van der Waals surface area contributed by atoms with Gasteiger partial charge >= 0.3 is 0 Å². The van der Waals surface area contributed by atoms with E-state index in [1.165, 1.54) is 16.7 Å². The molecule has 5 rings (SSSR count). The lowest BCUT2D eigenvalue weighted by Crippen LogP contribution is -2.31. The molecule has 2 heterocycles. The molecule has 1 unspecified atom stereocenters. The second kappa shape index (κ2) is 14.1. The highest BCUT2D eigenvalue weighted by molar-refractivity contribution is 9.10. The topological polar surface area (TPSA) is 90.3 Å². The number of fused-ring (bicyclic) bond motifs is 1. The number of carbonyl (C=O) groups excluding carboxylic acids is 1. The van der Waals surface area contributed by atoms with E-state index < -0.39 is 6.04 Å². The van der Waals surface area contributed by atoms with Gasteiger partial charge in [-0.3, -0.25) is 4.79 Å². The Hall–Kier alpha value is -3.76. The first-order valence-corrected chi connectivity index (χ1v) is 17.0. The fourth-order valence-corrected chi connectivity index (χ4v) is 6.64. The molecule has 1 aliphatic heterocycles. The largest absolute Gasteiger partial charge is 0.490 e. The summed E-state index contributed by atoms with van der Waals surface area (Å²) in [5, 5.41) is 12.0. The van der Waals surface area contributed by atoms with Crippen LogP contribution in [0.1, 0.15) is 66.6 Å². The fourth-order valence-electron chi connectivity index (χ4n) is 5.38. The van der Waals surface area contributed by atoms with Crippen LogP contribution in [0.15, 0.2) is 69.4 Å². The first-order valence-electron chi connectivity index (χ1n) is 15.2. The highest BCUT2D eigenvalue weighted by Gasteiger charge is 2.35. The standard InChI is InChI=1S/C35H40BrN5O3S/c1-8-13-45-35-39-34-37-24(7)30(33(42)38-27-12-10-11-20(3)14-27)31(41(34)40-35)25-17-28(36)32(29(18-25)43-9-2)44-19-26-16-22(5)21(4)15-23(26)6/h10-12,14-18,31H,8-9,13,19H2,1-7H3,(H,38,42)(H,37,39,40). The van der Waals surface area contributed by atoms with Gasteiger partial charge in [-0.25, -0.2) is 4.68 Å². The molecule has 0 saturated carbocycles. The van der Waals surface area contributed by atoms with E-state index in [9.17, 15) is 4.79 Å². The second-order valence-electron chi connectivity index (χ2n) is 11.3. The zero-order valence-electron chi connectivity index (χ0n) is 26.9. The molecule has 1 aromatic heterocycles. The number of aryl methyl sites for hydroxylation is 4. The number of halogens is 1. The van der Waals surface area contributed by atoms with Gasteiger partial charge in [0.1, 0.15) is 12.6 Å². The first kappa shape index (κ1) is 32.6. The van der Waals surface area contributed by atoms with Crippen LogP contribution in [0.3, 0.4) is 0 Å². The maximum atomic E-state index is 14.0. The molecule has 4 aromatic rings. The number of hydrogen-bond acceptors (Lipinski definition) is 7. The minimum atomic E-state index is -0.568. The quantitative estimate of drug-likeness (QED) is 0.152. The van der Waals surface area contributed by atoms with E-state index in [0.29, 0.717) is 47.1 Å². The molecule has 8 nitrogen and oxygen atoms in total. The van der Waals surface area contributed by atoms with Crippen LogP contribution in [0.5, 0.6) is 11.5 Å². The summed E-state index contributed by atoms with van der Waals surface area (Å²) in [5.74, 6) is 2.45. The molecule has 3 aromatic carbocycles. The third kappa shape index (κ3) is 7.23. The van der Waals surface area contributed by atoms with Crippen molar-refractivity contribution in [3.8, 4) is 11.5 Å². The molecule has 0 saturated heterocycles. The predicted octanol–water partition coefficient (Wildman–Crippen LogP) is 8.68.